The Labute approximate surface area is 182 Å². The normalized spacial score (nSPS) is 13.9. The van der Waals surface area contributed by atoms with E-state index in [4.69, 9.17) is 0 Å². The summed E-state index contributed by atoms with van der Waals surface area (Å²) in [5.41, 5.74) is 1.57. The van der Waals surface area contributed by atoms with Crippen LogP contribution >= 0.6 is 11.3 Å². The zero-order valence-electron chi connectivity index (χ0n) is 16.4. The lowest BCUT2D eigenvalue weighted by atomic mass is 10.1. The third-order valence-electron chi connectivity index (χ3n) is 4.95. The molecule has 0 spiro atoms. The van der Waals surface area contributed by atoms with E-state index >= 15 is 0 Å². The number of amides is 1. The molecule has 1 aliphatic rings. The van der Waals surface area contributed by atoms with Gasteiger partial charge in [0.25, 0.3) is 11.6 Å². The topological polar surface area (TPSA) is 123 Å². The van der Waals surface area contributed by atoms with Crippen LogP contribution in [-0.2, 0) is 10.0 Å². The van der Waals surface area contributed by atoms with Crippen LogP contribution in [-0.4, -0.2) is 41.6 Å². The van der Waals surface area contributed by atoms with E-state index in [0.29, 0.717) is 22.0 Å². The molecule has 0 saturated heterocycles. The molecule has 1 aromatic heterocycles. The predicted molar refractivity (Wildman–Crippen MR) is 117 cm³/mol. The van der Waals surface area contributed by atoms with Crippen LogP contribution in [0.4, 0.5) is 10.8 Å². The first-order valence-electron chi connectivity index (χ1n) is 9.35. The maximum absolute atomic E-state index is 12.6. The number of carbonyl (C=O) groups excluding carboxylic acids is 1. The molecular weight excluding hydrogens is 440 g/mol. The highest BCUT2D eigenvalue weighted by Gasteiger charge is 2.35. The number of aromatic nitrogens is 1. The molecule has 31 heavy (non-hydrogen) atoms. The van der Waals surface area contributed by atoms with Crippen molar-refractivity contribution in [1.82, 2.24) is 9.29 Å². The molecule has 0 unspecified atom stereocenters. The van der Waals surface area contributed by atoms with Gasteiger partial charge in [0.15, 0.2) is 5.13 Å². The summed E-state index contributed by atoms with van der Waals surface area (Å²) in [4.78, 5) is 27.3. The number of hydrogen-bond acceptors (Lipinski definition) is 7. The molecule has 1 heterocycles. The molecule has 3 aromatic rings. The molecule has 1 N–H and O–H groups in total. The number of anilines is 1. The Morgan fingerprint density at radius 3 is 2.39 bits per heavy atom. The Hall–Kier alpha value is -3.15. The standard InChI is InChI=1S/C20H18N4O5S2/c1-23(15-8-9-15)31(28,29)17-10-4-14(5-11-17)19(25)22-20-21-18(12-30-20)13-2-6-16(7-3-13)24(26)27/h2-7,10-12,15H,8-9H2,1H3,(H,21,22,25). The lowest BCUT2D eigenvalue weighted by Crippen LogP contribution is -2.29. The molecule has 1 saturated carbocycles. The molecule has 4 rings (SSSR count). The summed E-state index contributed by atoms with van der Waals surface area (Å²) >= 11 is 1.22. The molecule has 2 aromatic carbocycles. The smallest absolute Gasteiger partial charge is 0.269 e. The second-order valence-electron chi connectivity index (χ2n) is 7.07. The maximum Gasteiger partial charge on any atom is 0.269 e. The van der Waals surface area contributed by atoms with E-state index in [9.17, 15) is 23.3 Å². The molecule has 9 nitrogen and oxygen atoms in total. The Morgan fingerprint density at radius 1 is 1.16 bits per heavy atom. The maximum atomic E-state index is 12.6. The highest BCUT2D eigenvalue weighted by molar-refractivity contribution is 7.89. The van der Waals surface area contributed by atoms with Crippen LogP contribution in [0.2, 0.25) is 0 Å². The zero-order chi connectivity index (χ0) is 22.2. The summed E-state index contributed by atoms with van der Waals surface area (Å²) in [7, 11) is -2.00. The van der Waals surface area contributed by atoms with Gasteiger partial charge in [0, 0.05) is 41.7 Å². The minimum absolute atomic E-state index is 0.0127. The molecule has 11 heteroatoms. The number of rotatable bonds is 7. The molecule has 1 aliphatic carbocycles. The second kappa shape index (κ2) is 8.17. The molecule has 0 bridgehead atoms. The van der Waals surface area contributed by atoms with Crippen molar-refractivity contribution in [2.75, 3.05) is 12.4 Å². The van der Waals surface area contributed by atoms with Gasteiger partial charge in [-0.05, 0) is 49.2 Å². The van der Waals surface area contributed by atoms with Crippen LogP contribution in [0.25, 0.3) is 11.3 Å². The van der Waals surface area contributed by atoms with Crippen molar-refractivity contribution in [2.45, 2.75) is 23.8 Å². The first-order chi connectivity index (χ1) is 14.8. The first kappa shape index (κ1) is 21.1. The largest absolute Gasteiger partial charge is 0.298 e. The summed E-state index contributed by atoms with van der Waals surface area (Å²) in [6.07, 6.45) is 1.73. The third kappa shape index (κ3) is 4.48. The van der Waals surface area contributed by atoms with Gasteiger partial charge < -0.3 is 0 Å². The molecule has 0 atom stereocenters. The highest BCUT2D eigenvalue weighted by Crippen LogP contribution is 2.30. The number of nitro benzene ring substituents is 1. The van der Waals surface area contributed by atoms with Gasteiger partial charge in [-0.25, -0.2) is 13.4 Å². The number of carbonyl (C=O) groups is 1. The summed E-state index contributed by atoms with van der Waals surface area (Å²) < 4.78 is 26.5. The van der Waals surface area contributed by atoms with Gasteiger partial charge in [-0.15, -0.1) is 11.3 Å². The fourth-order valence-electron chi connectivity index (χ4n) is 2.97. The summed E-state index contributed by atoms with van der Waals surface area (Å²) in [5, 5.41) is 15.5. The van der Waals surface area contributed by atoms with Gasteiger partial charge >= 0.3 is 0 Å². The van der Waals surface area contributed by atoms with E-state index in [1.807, 2.05) is 0 Å². The van der Waals surface area contributed by atoms with Crippen LogP contribution in [0, 0.1) is 10.1 Å². The Kier molecular flexibility index (Phi) is 5.56. The van der Waals surface area contributed by atoms with Crippen molar-refractivity contribution < 1.29 is 18.1 Å². The van der Waals surface area contributed by atoms with E-state index < -0.39 is 20.9 Å². The number of nitrogens with zero attached hydrogens (tertiary/aromatic N) is 3. The Bertz CT molecular complexity index is 1230. The highest BCUT2D eigenvalue weighted by atomic mass is 32.2. The van der Waals surface area contributed by atoms with Gasteiger partial charge in [-0.1, -0.05) is 0 Å². The van der Waals surface area contributed by atoms with E-state index in [2.05, 4.69) is 10.3 Å². The molecule has 1 amide bonds. The van der Waals surface area contributed by atoms with Crippen LogP contribution in [0.1, 0.15) is 23.2 Å². The summed E-state index contributed by atoms with van der Waals surface area (Å²) in [6, 6.07) is 11.8. The van der Waals surface area contributed by atoms with E-state index in [1.165, 1.54) is 52.0 Å². The Morgan fingerprint density at radius 2 is 1.81 bits per heavy atom. The number of benzene rings is 2. The van der Waals surface area contributed by atoms with Crippen molar-refractivity contribution in [2.24, 2.45) is 0 Å². The van der Waals surface area contributed by atoms with E-state index in [0.717, 1.165) is 12.8 Å². The number of hydrogen-bond donors (Lipinski definition) is 1. The molecule has 1 fully saturated rings. The minimum Gasteiger partial charge on any atom is -0.298 e. The molecule has 160 valence electrons. The average Bonchev–Trinajstić information content (AvgIpc) is 3.52. The van der Waals surface area contributed by atoms with Crippen LogP contribution in [0.5, 0.6) is 0 Å². The number of nitro groups is 1. The van der Waals surface area contributed by atoms with Crippen molar-refractivity contribution in [3.63, 3.8) is 0 Å². The zero-order valence-corrected chi connectivity index (χ0v) is 18.0. The van der Waals surface area contributed by atoms with Crippen molar-refractivity contribution in [3.8, 4) is 11.3 Å². The van der Waals surface area contributed by atoms with Gasteiger partial charge in [-0.2, -0.15) is 4.31 Å². The fourth-order valence-corrected chi connectivity index (χ4v) is 5.10. The summed E-state index contributed by atoms with van der Waals surface area (Å²) in [6.45, 7) is 0. The van der Waals surface area contributed by atoms with Gasteiger partial charge in [0.05, 0.1) is 15.5 Å². The third-order valence-corrected chi connectivity index (χ3v) is 7.64. The lowest BCUT2D eigenvalue weighted by Gasteiger charge is -2.16. The van der Waals surface area contributed by atoms with E-state index in [-0.39, 0.29) is 16.6 Å². The van der Waals surface area contributed by atoms with Crippen molar-refractivity contribution in [3.05, 3.63) is 69.6 Å². The number of non-ortho nitro benzene ring substituents is 1. The van der Waals surface area contributed by atoms with Gasteiger partial charge in [0.2, 0.25) is 10.0 Å². The SMILES string of the molecule is CN(C1CC1)S(=O)(=O)c1ccc(C(=O)Nc2nc(-c3ccc([N+](=O)[O-])cc3)cs2)cc1. The Balaban J connectivity index is 1.44. The van der Waals surface area contributed by atoms with Gasteiger partial charge in [-0.3, -0.25) is 20.2 Å². The summed E-state index contributed by atoms with van der Waals surface area (Å²) in [5.74, 6) is -0.413. The lowest BCUT2D eigenvalue weighted by molar-refractivity contribution is -0.384. The molecule has 0 aliphatic heterocycles. The van der Waals surface area contributed by atoms with Crippen LogP contribution in [0.3, 0.4) is 0 Å². The molecular formula is C20H18N4O5S2. The van der Waals surface area contributed by atoms with Crippen LogP contribution < -0.4 is 5.32 Å². The van der Waals surface area contributed by atoms with Crippen LogP contribution in [0.15, 0.2) is 58.8 Å². The minimum atomic E-state index is -3.56. The van der Waals surface area contributed by atoms with Crippen molar-refractivity contribution in [1.29, 1.82) is 0 Å². The monoisotopic (exact) mass is 458 g/mol. The number of thiazole rings is 1. The predicted octanol–water partition coefficient (Wildman–Crippen LogP) is 3.75. The van der Waals surface area contributed by atoms with Crippen molar-refractivity contribution >= 4 is 38.1 Å². The quantitative estimate of drug-likeness (QED) is 0.425. The number of nitrogens with one attached hydrogen (secondary N) is 1. The fraction of sp³-hybridized carbons (Fsp3) is 0.200. The van der Waals surface area contributed by atoms with E-state index in [1.54, 1.807) is 24.6 Å². The number of sulfonamides is 1. The second-order valence-corrected chi connectivity index (χ2v) is 9.93. The molecule has 0 radical (unpaired) electrons. The first-order valence-corrected chi connectivity index (χ1v) is 11.7. The average molecular weight is 459 g/mol. The van der Waals surface area contributed by atoms with Gasteiger partial charge in [0.1, 0.15) is 0 Å².